The van der Waals surface area contributed by atoms with Gasteiger partial charge in [-0.3, -0.25) is 0 Å². The van der Waals surface area contributed by atoms with E-state index >= 15 is 0 Å². The lowest BCUT2D eigenvalue weighted by atomic mass is 9.97. The van der Waals surface area contributed by atoms with E-state index in [0.717, 1.165) is 36.6 Å². The van der Waals surface area contributed by atoms with Gasteiger partial charge >= 0.3 is 0 Å². The Hall–Kier alpha value is -2.04. The minimum Gasteiger partial charge on any atom is -0.347 e. The van der Waals surface area contributed by atoms with Gasteiger partial charge in [-0.25, -0.2) is 9.98 Å². The summed E-state index contributed by atoms with van der Waals surface area (Å²) >= 11 is 11.5. The van der Waals surface area contributed by atoms with Crippen LogP contribution in [0.3, 0.4) is 0 Å². The Bertz CT molecular complexity index is 901. The first-order chi connectivity index (χ1) is 13.2. The van der Waals surface area contributed by atoms with Crippen molar-refractivity contribution < 1.29 is 0 Å². The molecule has 1 aromatic heterocycles. The minimum absolute atomic E-state index is 0.225. The number of fused-ring (bicyclic) bond motifs is 1. The average Bonchev–Trinajstić information content (AvgIpc) is 3.00. The molecular formula is C22H28Cl2N4. The van der Waals surface area contributed by atoms with Gasteiger partial charge in [-0.2, -0.15) is 0 Å². The Labute approximate surface area is 177 Å². The molecule has 0 aliphatic rings. The van der Waals surface area contributed by atoms with Crippen LogP contribution >= 0.6 is 23.2 Å². The standard InChI is InChI=1S/C22H28Cl2N4/c1-6-10-28(17(2)12-21(24)26-16-25-15-23)19-7-8-20-18(13-19)9-11-27(20)14-22(3,4)5/h7-9,11-13,15-16H,2,6,10,14H2,1,3-5H3/b21-12+,25-15+,26-16-. The Balaban J connectivity index is 2.31. The van der Waals surface area contributed by atoms with Crippen molar-refractivity contribution in [3.63, 3.8) is 0 Å². The maximum absolute atomic E-state index is 6.16. The molecule has 0 bridgehead atoms. The zero-order valence-electron chi connectivity index (χ0n) is 17.0. The van der Waals surface area contributed by atoms with E-state index in [2.05, 4.69) is 84.2 Å². The molecule has 0 aliphatic heterocycles. The van der Waals surface area contributed by atoms with E-state index < -0.39 is 0 Å². The van der Waals surface area contributed by atoms with Crippen LogP contribution in [0.4, 0.5) is 5.69 Å². The van der Waals surface area contributed by atoms with Crippen LogP contribution in [0.25, 0.3) is 10.9 Å². The third-order valence-corrected chi connectivity index (χ3v) is 4.41. The van der Waals surface area contributed by atoms with Crippen LogP contribution in [0.15, 0.2) is 64.0 Å². The summed E-state index contributed by atoms with van der Waals surface area (Å²) in [5.74, 6) is 0. The lowest BCUT2D eigenvalue weighted by Crippen LogP contribution is -2.21. The fourth-order valence-corrected chi connectivity index (χ4v) is 3.25. The molecular weight excluding hydrogens is 391 g/mol. The van der Waals surface area contributed by atoms with Crippen molar-refractivity contribution >= 4 is 51.8 Å². The number of hydrogen-bond donors (Lipinski definition) is 0. The number of aromatic nitrogens is 1. The number of nitrogens with zero attached hydrogens (tertiary/aromatic N) is 4. The summed E-state index contributed by atoms with van der Waals surface area (Å²) in [7, 11) is 0. The van der Waals surface area contributed by atoms with Crippen molar-refractivity contribution in [1.29, 1.82) is 0 Å². The molecule has 0 aliphatic carbocycles. The fraction of sp³-hybridized carbons (Fsp3) is 0.364. The molecule has 0 atom stereocenters. The first-order valence-electron chi connectivity index (χ1n) is 9.32. The fourth-order valence-electron chi connectivity index (χ4n) is 3.03. The van der Waals surface area contributed by atoms with Crippen LogP contribution in [0.2, 0.25) is 0 Å². The Kier molecular flexibility index (Phi) is 7.90. The Morgan fingerprint density at radius 2 is 2.04 bits per heavy atom. The van der Waals surface area contributed by atoms with Crippen LogP contribution in [0.5, 0.6) is 0 Å². The summed E-state index contributed by atoms with van der Waals surface area (Å²) in [5, 5.41) is 1.51. The second-order valence-corrected chi connectivity index (χ2v) is 8.43. The molecule has 0 saturated carbocycles. The Morgan fingerprint density at radius 1 is 1.29 bits per heavy atom. The van der Waals surface area contributed by atoms with Crippen molar-refractivity contribution in [2.45, 2.75) is 40.7 Å². The highest BCUT2D eigenvalue weighted by molar-refractivity contribution is 6.56. The maximum atomic E-state index is 6.16. The normalized spacial score (nSPS) is 13.1. The third kappa shape index (κ3) is 6.25. The molecule has 0 amide bonds. The minimum atomic E-state index is 0.225. The van der Waals surface area contributed by atoms with Gasteiger partial charge in [0.05, 0.1) is 5.67 Å². The number of allylic oxidation sites excluding steroid dienone is 1. The largest absolute Gasteiger partial charge is 0.347 e. The lowest BCUT2D eigenvalue weighted by Gasteiger charge is -2.25. The molecule has 1 heterocycles. The second kappa shape index (κ2) is 9.94. The molecule has 0 spiro atoms. The average molecular weight is 419 g/mol. The molecule has 0 radical (unpaired) electrons. The molecule has 2 rings (SSSR count). The summed E-state index contributed by atoms with van der Waals surface area (Å²) < 4.78 is 2.31. The number of halogens is 2. The first kappa shape index (κ1) is 22.3. The molecule has 6 heteroatoms. The van der Waals surface area contributed by atoms with E-state index in [0.29, 0.717) is 5.16 Å². The molecule has 28 heavy (non-hydrogen) atoms. The summed E-state index contributed by atoms with van der Waals surface area (Å²) in [6.07, 6.45) is 6.16. The molecule has 0 unspecified atom stereocenters. The van der Waals surface area contributed by atoms with Gasteiger partial charge < -0.3 is 9.47 Å². The predicted molar refractivity (Wildman–Crippen MR) is 125 cm³/mol. The summed E-state index contributed by atoms with van der Waals surface area (Å²) in [5.41, 5.74) is 4.44. The van der Waals surface area contributed by atoms with Gasteiger partial charge in [-0.15, -0.1) is 0 Å². The predicted octanol–water partition coefficient (Wildman–Crippen LogP) is 6.79. The van der Waals surface area contributed by atoms with Crippen LogP contribution in [-0.4, -0.2) is 23.1 Å². The maximum Gasteiger partial charge on any atom is 0.132 e. The smallest absolute Gasteiger partial charge is 0.132 e. The van der Waals surface area contributed by atoms with Crippen molar-refractivity contribution in [1.82, 2.24) is 4.57 Å². The van der Waals surface area contributed by atoms with Crippen molar-refractivity contribution in [3.8, 4) is 0 Å². The van der Waals surface area contributed by atoms with Crippen LogP contribution < -0.4 is 4.90 Å². The van der Waals surface area contributed by atoms with E-state index in [4.69, 9.17) is 23.2 Å². The van der Waals surface area contributed by atoms with Gasteiger partial charge in [0.15, 0.2) is 0 Å². The van der Waals surface area contributed by atoms with Crippen LogP contribution in [0.1, 0.15) is 34.1 Å². The zero-order valence-corrected chi connectivity index (χ0v) is 18.5. The number of benzene rings is 1. The SMILES string of the molecule is C=C(/C=C(Cl)/N=C\N=C\Cl)N(CCC)c1ccc2c(ccn2CC(C)(C)C)c1. The summed E-state index contributed by atoms with van der Waals surface area (Å²) in [6.45, 7) is 14.9. The number of hydrogen-bond acceptors (Lipinski definition) is 2. The molecule has 1 aromatic carbocycles. The van der Waals surface area contributed by atoms with Crippen molar-refractivity contribution in [3.05, 3.63) is 54.0 Å². The van der Waals surface area contributed by atoms with E-state index in [1.807, 2.05) is 0 Å². The van der Waals surface area contributed by atoms with Crippen molar-refractivity contribution in [2.24, 2.45) is 15.4 Å². The lowest BCUT2D eigenvalue weighted by molar-refractivity contribution is 0.349. The molecule has 0 N–H and O–H groups in total. The van der Waals surface area contributed by atoms with Gasteiger partial charge in [0.2, 0.25) is 0 Å². The molecule has 2 aromatic rings. The second-order valence-electron chi connectivity index (χ2n) is 7.85. The quantitative estimate of drug-likeness (QED) is 0.201. The van der Waals surface area contributed by atoms with E-state index in [-0.39, 0.29) is 5.41 Å². The van der Waals surface area contributed by atoms with Gasteiger partial charge in [-0.05, 0) is 42.2 Å². The van der Waals surface area contributed by atoms with E-state index in [1.54, 1.807) is 6.08 Å². The highest BCUT2D eigenvalue weighted by atomic mass is 35.5. The number of anilines is 1. The number of rotatable bonds is 8. The highest BCUT2D eigenvalue weighted by Crippen LogP contribution is 2.28. The monoisotopic (exact) mass is 418 g/mol. The molecule has 0 fully saturated rings. The van der Waals surface area contributed by atoms with Gasteiger partial charge in [0.1, 0.15) is 11.5 Å². The molecule has 4 nitrogen and oxygen atoms in total. The van der Waals surface area contributed by atoms with Crippen LogP contribution in [0, 0.1) is 5.41 Å². The van der Waals surface area contributed by atoms with E-state index in [1.165, 1.54) is 17.2 Å². The zero-order chi connectivity index (χ0) is 20.7. The highest BCUT2D eigenvalue weighted by Gasteiger charge is 2.14. The third-order valence-electron chi connectivity index (χ3n) is 4.09. The van der Waals surface area contributed by atoms with Crippen molar-refractivity contribution in [2.75, 3.05) is 11.4 Å². The van der Waals surface area contributed by atoms with Crippen LogP contribution in [-0.2, 0) is 6.54 Å². The summed E-state index contributed by atoms with van der Waals surface area (Å²) in [4.78, 5) is 9.85. The topological polar surface area (TPSA) is 32.9 Å². The van der Waals surface area contributed by atoms with Gasteiger partial charge in [-0.1, -0.05) is 57.5 Å². The molecule has 150 valence electrons. The summed E-state index contributed by atoms with van der Waals surface area (Å²) in [6, 6.07) is 8.66. The first-order valence-corrected chi connectivity index (χ1v) is 10.1. The van der Waals surface area contributed by atoms with Gasteiger partial charge in [0.25, 0.3) is 0 Å². The van der Waals surface area contributed by atoms with Gasteiger partial charge in [0, 0.05) is 41.6 Å². The number of aliphatic imine (C=N–C) groups is 2. The van der Waals surface area contributed by atoms with E-state index in [9.17, 15) is 0 Å². The molecule has 0 saturated heterocycles. The Morgan fingerprint density at radius 3 is 2.68 bits per heavy atom.